The standard InChI is InChI=1S/C19H15ClF5NO5S/c20-14-7-13-12(18(17(14)22)31-8-16(27)28)2-1-3-15(13)26-32(29,30)11-5-9(19(23,24)25)4-10(21)6-11/h4-7,15,26H,1-3,8H2,(H,27,28)/t15-/m1/s1. The number of carbonyl (C=O) groups is 1. The summed E-state index contributed by atoms with van der Waals surface area (Å²) in [7, 11) is -4.63. The molecule has 32 heavy (non-hydrogen) atoms. The molecule has 0 spiro atoms. The lowest BCUT2D eigenvalue weighted by Gasteiger charge is -2.28. The van der Waals surface area contributed by atoms with Crippen molar-refractivity contribution >= 4 is 27.6 Å². The third kappa shape index (κ3) is 5.13. The van der Waals surface area contributed by atoms with E-state index in [1.165, 1.54) is 0 Å². The molecule has 0 fully saturated rings. The van der Waals surface area contributed by atoms with E-state index in [0.717, 1.165) is 6.07 Å². The molecule has 0 radical (unpaired) electrons. The van der Waals surface area contributed by atoms with Crippen LogP contribution in [0.1, 0.15) is 35.6 Å². The van der Waals surface area contributed by atoms with Crippen molar-refractivity contribution in [2.75, 3.05) is 6.61 Å². The van der Waals surface area contributed by atoms with Gasteiger partial charge in [-0.2, -0.15) is 13.2 Å². The number of halogens is 6. The van der Waals surface area contributed by atoms with Gasteiger partial charge in [0, 0.05) is 11.6 Å². The summed E-state index contributed by atoms with van der Waals surface area (Å²) in [5.74, 6) is -4.23. The Morgan fingerprint density at radius 1 is 1.22 bits per heavy atom. The van der Waals surface area contributed by atoms with Crippen molar-refractivity contribution in [2.24, 2.45) is 0 Å². The molecule has 0 heterocycles. The molecule has 2 N–H and O–H groups in total. The van der Waals surface area contributed by atoms with Gasteiger partial charge in [-0.05, 0) is 49.1 Å². The molecule has 0 bridgehead atoms. The van der Waals surface area contributed by atoms with Crippen molar-refractivity contribution < 1.29 is 45.0 Å². The summed E-state index contributed by atoms with van der Waals surface area (Å²) in [6.45, 7) is -0.871. The fraction of sp³-hybridized carbons (Fsp3) is 0.316. The highest BCUT2D eigenvalue weighted by atomic mass is 35.5. The Balaban J connectivity index is 2.00. The van der Waals surface area contributed by atoms with Crippen LogP contribution in [0.3, 0.4) is 0 Å². The van der Waals surface area contributed by atoms with Crippen molar-refractivity contribution in [3.63, 3.8) is 0 Å². The first-order valence-electron chi connectivity index (χ1n) is 9.05. The number of rotatable bonds is 6. The van der Waals surface area contributed by atoms with Gasteiger partial charge in [-0.1, -0.05) is 11.6 Å². The minimum atomic E-state index is -4.97. The zero-order valence-electron chi connectivity index (χ0n) is 16.0. The number of fused-ring (bicyclic) bond motifs is 1. The lowest BCUT2D eigenvalue weighted by atomic mass is 9.87. The van der Waals surface area contributed by atoms with Gasteiger partial charge in [-0.25, -0.2) is 26.7 Å². The highest BCUT2D eigenvalue weighted by molar-refractivity contribution is 7.89. The minimum Gasteiger partial charge on any atom is -0.479 e. The summed E-state index contributed by atoms with van der Waals surface area (Å²) < 4.78 is 99.7. The van der Waals surface area contributed by atoms with Crippen LogP contribution in [0.25, 0.3) is 0 Å². The molecule has 0 aromatic heterocycles. The van der Waals surface area contributed by atoms with E-state index in [-0.39, 0.29) is 30.0 Å². The zero-order chi connectivity index (χ0) is 23.8. The Kier molecular flexibility index (Phi) is 6.68. The number of aliphatic carboxylic acids is 1. The first-order valence-corrected chi connectivity index (χ1v) is 10.9. The van der Waals surface area contributed by atoms with E-state index in [2.05, 4.69) is 4.72 Å². The number of sulfonamides is 1. The molecule has 0 aliphatic heterocycles. The molecule has 0 amide bonds. The van der Waals surface area contributed by atoms with Gasteiger partial charge in [-0.15, -0.1) is 0 Å². The summed E-state index contributed by atoms with van der Waals surface area (Å²) >= 11 is 5.86. The van der Waals surface area contributed by atoms with Crippen LogP contribution in [-0.2, 0) is 27.4 Å². The summed E-state index contributed by atoms with van der Waals surface area (Å²) in [6, 6.07) is 1.00. The van der Waals surface area contributed by atoms with E-state index in [1.54, 1.807) is 0 Å². The van der Waals surface area contributed by atoms with Crippen molar-refractivity contribution in [3.8, 4) is 5.75 Å². The van der Waals surface area contributed by atoms with Crippen LogP contribution < -0.4 is 9.46 Å². The summed E-state index contributed by atoms with van der Waals surface area (Å²) in [4.78, 5) is 9.85. The Bertz CT molecular complexity index is 1170. The Morgan fingerprint density at radius 2 is 1.91 bits per heavy atom. The molecule has 0 saturated heterocycles. The van der Waals surface area contributed by atoms with Crippen LogP contribution in [0.2, 0.25) is 5.02 Å². The van der Waals surface area contributed by atoms with Crippen LogP contribution in [0.5, 0.6) is 5.75 Å². The number of alkyl halides is 3. The third-order valence-electron chi connectivity index (χ3n) is 4.76. The van der Waals surface area contributed by atoms with Crippen LogP contribution >= 0.6 is 11.6 Å². The third-order valence-corrected chi connectivity index (χ3v) is 6.48. The summed E-state index contributed by atoms with van der Waals surface area (Å²) in [6.07, 6.45) is -4.25. The van der Waals surface area contributed by atoms with Crippen molar-refractivity contribution in [3.05, 3.63) is 57.6 Å². The minimum absolute atomic E-state index is 0.170. The predicted molar refractivity (Wildman–Crippen MR) is 102 cm³/mol. The van der Waals surface area contributed by atoms with Gasteiger partial charge in [-0.3, -0.25) is 0 Å². The van der Waals surface area contributed by atoms with Gasteiger partial charge in [0.2, 0.25) is 10.0 Å². The largest absolute Gasteiger partial charge is 0.479 e. The number of benzene rings is 2. The molecule has 2 aromatic rings. The second kappa shape index (κ2) is 8.83. The van der Waals surface area contributed by atoms with Crippen molar-refractivity contribution in [1.82, 2.24) is 4.72 Å². The van der Waals surface area contributed by atoms with Crippen LogP contribution in [0.15, 0.2) is 29.2 Å². The number of hydrogen-bond acceptors (Lipinski definition) is 4. The van der Waals surface area contributed by atoms with Gasteiger partial charge in [0.05, 0.1) is 15.5 Å². The number of carboxylic acids is 1. The highest BCUT2D eigenvalue weighted by Gasteiger charge is 2.34. The van der Waals surface area contributed by atoms with E-state index < -0.39 is 67.7 Å². The Labute approximate surface area is 184 Å². The highest BCUT2D eigenvalue weighted by Crippen LogP contribution is 2.41. The van der Waals surface area contributed by atoms with E-state index in [0.29, 0.717) is 18.6 Å². The average Bonchev–Trinajstić information content (AvgIpc) is 2.67. The molecule has 2 aromatic carbocycles. The predicted octanol–water partition coefficient (Wildman–Crippen LogP) is 4.46. The molecule has 13 heteroatoms. The topological polar surface area (TPSA) is 92.7 Å². The van der Waals surface area contributed by atoms with Crippen LogP contribution in [0.4, 0.5) is 22.0 Å². The Morgan fingerprint density at radius 3 is 2.53 bits per heavy atom. The van der Waals surface area contributed by atoms with Crippen LogP contribution in [-0.4, -0.2) is 26.1 Å². The number of hydrogen-bond donors (Lipinski definition) is 2. The fourth-order valence-electron chi connectivity index (χ4n) is 3.41. The van der Waals surface area contributed by atoms with E-state index in [1.807, 2.05) is 0 Å². The first-order chi connectivity index (χ1) is 14.8. The summed E-state index contributed by atoms with van der Waals surface area (Å²) in [5, 5.41) is 8.33. The SMILES string of the molecule is O=C(O)COc1c(F)c(Cl)cc2c1CCC[C@H]2NS(=O)(=O)c1cc(F)cc(C(F)(F)F)c1. The molecule has 1 aliphatic carbocycles. The molecule has 174 valence electrons. The zero-order valence-corrected chi connectivity index (χ0v) is 17.5. The van der Waals surface area contributed by atoms with Gasteiger partial charge in [0.1, 0.15) is 5.82 Å². The molecule has 0 unspecified atom stereocenters. The van der Waals surface area contributed by atoms with E-state index >= 15 is 0 Å². The molecular weight excluding hydrogens is 485 g/mol. The molecule has 3 rings (SSSR count). The van der Waals surface area contributed by atoms with Gasteiger partial charge in [0.25, 0.3) is 0 Å². The lowest BCUT2D eigenvalue weighted by molar-refractivity contribution is -0.139. The first kappa shape index (κ1) is 24.2. The van der Waals surface area contributed by atoms with Gasteiger partial charge < -0.3 is 9.84 Å². The van der Waals surface area contributed by atoms with Crippen LogP contribution in [0, 0.1) is 11.6 Å². The number of nitrogens with one attached hydrogen (secondary N) is 1. The van der Waals surface area contributed by atoms with Crippen molar-refractivity contribution in [1.29, 1.82) is 0 Å². The molecule has 6 nitrogen and oxygen atoms in total. The van der Waals surface area contributed by atoms with E-state index in [9.17, 15) is 35.2 Å². The summed E-state index contributed by atoms with van der Waals surface area (Å²) in [5.41, 5.74) is -1.11. The second-order valence-corrected chi connectivity index (χ2v) is 9.11. The second-order valence-electron chi connectivity index (χ2n) is 6.99. The normalized spacial score (nSPS) is 16.5. The number of ether oxygens (including phenoxy) is 1. The smallest absolute Gasteiger partial charge is 0.416 e. The van der Waals surface area contributed by atoms with Crippen molar-refractivity contribution in [2.45, 2.75) is 36.4 Å². The maximum atomic E-state index is 14.4. The fourth-order valence-corrected chi connectivity index (χ4v) is 4.92. The van der Waals surface area contributed by atoms with E-state index in [4.69, 9.17) is 21.4 Å². The maximum absolute atomic E-state index is 14.4. The lowest BCUT2D eigenvalue weighted by Crippen LogP contribution is -2.32. The molecular formula is C19H15ClF5NO5S. The quantitative estimate of drug-likeness (QED) is 0.573. The molecule has 1 aliphatic rings. The average molecular weight is 500 g/mol. The molecule has 1 atom stereocenters. The van der Waals surface area contributed by atoms with Gasteiger partial charge in [0.15, 0.2) is 18.2 Å². The maximum Gasteiger partial charge on any atom is 0.416 e. The Hall–Kier alpha value is -2.44. The van der Waals surface area contributed by atoms with Gasteiger partial charge >= 0.3 is 12.1 Å². The number of carboxylic acid groups (broad SMARTS) is 1. The monoisotopic (exact) mass is 499 g/mol. The molecule has 0 saturated carbocycles.